The Morgan fingerprint density at radius 1 is 1.40 bits per heavy atom. The second kappa shape index (κ2) is 5.62. The van der Waals surface area contributed by atoms with Crippen LogP contribution in [0.15, 0.2) is 47.5 Å². The highest BCUT2D eigenvalue weighted by molar-refractivity contribution is 7.08. The zero-order chi connectivity index (χ0) is 13.8. The molecule has 20 heavy (non-hydrogen) atoms. The van der Waals surface area contributed by atoms with Crippen LogP contribution < -0.4 is 5.32 Å². The Morgan fingerprint density at radius 2 is 2.35 bits per heavy atom. The van der Waals surface area contributed by atoms with Gasteiger partial charge in [0.05, 0.1) is 24.6 Å². The minimum absolute atomic E-state index is 0.109. The first-order valence-electron chi connectivity index (χ1n) is 5.95. The van der Waals surface area contributed by atoms with Crippen LogP contribution in [0.3, 0.4) is 0 Å². The summed E-state index contributed by atoms with van der Waals surface area (Å²) in [6.07, 6.45) is 5.16. The van der Waals surface area contributed by atoms with Crippen LogP contribution in [0.5, 0.6) is 0 Å². The summed E-state index contributed by atoms with van der Waals surface area (Å²) in [5.41, 5.74) is 2.18. The minimum Gasteiger partial charge on any atom is -0.346 e. The molecule has 7 heteroatoms. The number of carbonyl (C=O) groups is 1. The molecule has 0 aliphatic carbocycles. The van der Waals surface area contributed by atoms with Crippen molar-refractivity contribution in [3.8, 4) is 5.69 Å². The van der Waals surface area contributed by atoms with Crippen molar-refractivity contribution in [3.05, 3.63) is 58.8 Å². The van der Waals surface area contributed by atoms with Gasteiger partial charge in [0.2, 0.25) is 0 Å². The number of aromatic nitrogens is 4. The number of hydrogen-bond donors (Lipinski definition) is 1. The summed E-state index contributed by atoms with van der Waals surface area (Å²) in [7, 11) is 0. The Morgan fingerprint density at radius 3 is 3.10 bits per heavy atom. The minimum atomic E-state index is -0.109. The number of thiophene rings is 1. The highest BCUT2D eigenvalue weighted by Gasteiger charge is 2.07. The Kier molecular flexibility index (Phi) is 3.51. The van der Waals surface area contributed by atoms with Gasteiger partial charge in [0.15, 0.2) is 0 Å². The highest BCUT2D eigenvalue weighted by atomic mass is 32.1. The molecule has 0 spiro atoms. The molecule has 0 aromatic carbocycles. The zero-order valence-corrected chi connectivity index (χ0v) is 11.2. The lowest BCUT2D eigenvalue weighted by molar-refractivity contribution is 0.0951. The van der Waals surface area contributed by atoms with E-state index in [1.165, 1.54) is 11.3 Å². The molecule has 6 nitrogen and oxygen atoms in total. The lowest BCUT2D eigenvalue weighted by Crippen LogP contribution is -2.22. The number of pyridine rings is 1. The van der Waals surface area contributed by atoms with Gasteiger partial charge in [0.1, 0.15) is 5.69 Å². The molecule has 0 bridgehead atoms. The van der Waals surface area contributed by atoms with Crippen LogP contribution in [0.25, 0.3) is 5.69 Å². The van der Waals surface area contributed by atoms with Crippen molar-refractivity contribution < 1.29 is 4.79 Å². The van der Waals surface area contributed by atoms with Gasteiger partial charge in [-0.15, -0.1) is 5.10 Å². The fraction of sp³-hybridized carbons (Fsp3) is 0.0769. The fourth-order valence-electron chi connectivity index (χ4n) is 1.66. The van der Waals surface area contributed by atoms with Gasteiger partial charge >= 0.3 is 0 Å². The lowest BCUT2D eigenvalue weighted by Gasteiger charge is -2.00. The maximum Gasteiger partial charge on any atom is 0.252 e. The van der Waals surface area contributed by atoms with E-state index >= 15 is 0 Å². The maximum atomic E-state index is 11.8. The van der Waals surface area contributed by atoms with E-state index in [-0.39, 0.29) is 5.91 Å². The molecular weight excluding hydrogens is 274 g/mol. The summed E-state index contributed by atoms with van der Waals surface area (Å²) in [5, 5.41) is 14.5. The Labute approximate surface area is 119 Å². The third-order valence-corrected chi connectivity index (χ3v) is 3.35. The highest BCUT2D eigenvalue weighted by Crippen LogP contribution is 2.07. The molecule has 0 unspecified atom stereocenters. The Balaban J connectivity index is 1.65. The normalized spacial score (nSPS) is 10.4. The smallest absolute Gasteiger partial charge is 0.252 e. The maximum absolute atomic E-state index is 11.8. The molecule has 100 valence electrons. The summed E-state index contributed by atoms with van der Waals surface area (Å²) in [6.45, 7) is 0.342. The first-order valence-corrected chi connectivity index (χ1v) is 6.89. The first kappa shape index (κ1) is 12.5. The van der Waals surface area contributed by atoms with Gasteiger partial charge in [0.25, 0.3) is 5.91 Å². The van der Waals surface area contributed by atoms with E-state index < -0.39 is 0 Å². The van der Waals surface area contributed by atoms with Crippen LogP contribution in [0.2, 0.25) is 0 Å². The van der Waals surface area contributed by atoms with E-state index in [4.69, 9.17) is 0 Å². The molecule has 3 aromatic rings. The lowest BCUT2D eigenvalue weighted by atomic mass is 10.3. The van der Waals surface area contributed by atoms with Gasteiger partial charge in [-0.1, -0.05) is 5.21 Å². The van der Waals surface area contributed by atoms with Gasteiger partial charge in [-0.2, -0.15) is 11.3 Å². The largest absolute Gasteiger partial charge is 0.346 e. The summed E-state index contributed by atoms with van der Waals surface area (Å²) in [5.74, 6) is -0.109. The predicted molar refractivity (Wildman–Crippen MR) is 74.6 cm³/mol. The molecule has 0 radical (unpaired) electrons. The second-order valence-electron chi connectivity index (χ2n) is 4.06. The van der Waals surface area contributed by atoms with E-state index in [9.17, 15) is 4.79 Å². The van der Waals surface area contributed by atoms with Crippen molar-refractivity contribution in [2.75, 3.05) is 0 Å². The molecule has 1 N–H and O–H groups in total. The van der Waals surface area contributed by atoms with Gasteiger partial charge < -0.3 is 5.32 Å². The van der Waals surface area contributed by atoms with Crippen molar-refractivity contribution in [3.63, 3.8) is 0 Å². The third kappa shape index (κ3) is 2.72. The number of rotatable bonds is 4. The van der Waals surface area contributed by atoms with Crippen molar-refractivity contribution in [2.24, 2.45) is 0 Å². The van der Waals surface area contributed by atoms with Crippen molar-refractivity contribution >= 4 is 17.2 Å². The monoisotopic (exact) mass is 285 g/mol. The van der Waals surface area contributed by atoms with Crippen LogP contribution >= 0.6 is 11.3 Å². The summed E-state index contributed by atoms with van der Waals surface area (Å²) < 4.78 is 1.62. The number of nitrogens with one attached hydrogen (secondary N) is 1. The van der Waals surface area contributed by atoms with Crippen LogP contribution in [-0.2, 0) is 6.54 Å². The van der Waals surface area contributed by atoms with Crippen LogP contribution in [0.4, 0.5) is 0 Å². The third-order valence-electron chi connectivity index (χ3n) is 2.66. The van der Waals surface area contributed by atoms with Crippen LogP contribution in [0.1, 0.15) is 16.1 Å². The number of hydrogen-bond acceptors (Lipinski definition) is 5. The van der Waals surface area contributed by atoms with Gasteiger partial charge in [-0.05, 0) is 23.6 Å². The Bertz CT molecular complexity index is 693. The standard InChI is InChI=1S/C13H11N5OS/c19-13(10-3-5-20-9-10)15-6-11-8-18(17-16-11)12-2-1-4-14-7-12/h1-5,7-9H,6H2,(H,15,19). The summed E-state index contributed by atoms with van der Waals surface area (Å²) in [6, 6.07) is 5.50. The quantitative estimate of drug-likeness (QED) is 0.791. The molecule has 3 rings (SSSR count). The number of amides is 1. The summed E-state index contributed by atoms with van der Waals surface area (Å²) >= 11 is 1.49. The zero-order valence-electron chi connectivity index (χ0n) is 10.4. The average molecular weight is 285 g/mol. The van der Waals surface area contributed by atoms with Gasteiger partial charge in [-0.25, -0.2) is 4.68 Å². The van der Waals surface area contributed by atoms with Crippen molar-refractivity contribution in [2.45, 2.75) is 6.54 Å². The first-order chi connectivity index (χ1) is 9.83. The molecule has 1 amide bonds. The van der Waals surface area contributed by atoms with E-state index in [0.29, 0.717) is 17.8 Å². The number of carbonyl (C=O) groups excluding carboxylic acids is 1. The molecule has 0 saturated carbocycles. The molecule has 0 atom stereocenters. The topological polar surface area (TPSA) is 72.7 Å². The number of nitrogens with zero attached hydrogens (tertiary/aromatic N) is 4. The molecule has 0 fully saturated rings. The van der Waals surface area contributed by atoms with Crippen molar-refractivity contribution in [1.29, 1.82) is 0 Å². The van der Waals surface area contributed by atoms with Crippen molar-refractivity contribution in [1.82, 2.24) is 25.3 Å². The molecule has 0 saturated heterocycles. The molecular formula is C13H11N5OS. The van der Waals surface area contributed by atoms with E-state index in [1.807, 2.05) is 22.9 Å². The van der Waals surface area contributed by atoms with E-state index in [0.717, 1.165) is 5.69 Å². The molecule has 3 aromatic heterocycles. The van der Waals surface area contributed by atoms with Gasteiger partial charge in [0, 0.05) is 17.1 Å². The summed E-state index contributed by atoms with van der Waals surface area (Å²) in [4.78, 5) is 15.8. The van der Waals surface area contributed by atoms with Crippen LogP contribution in [-0.4, -0.2) is 25.9 Å². The second-order valence-corrected chi connectivity index (χ2v) is 4.84. The average Bonchev–Trinajstić information content (AvgIpc) is 3.17. The van der Waals surface area contributed by atoms with Crippen LogP contribution in [0, 0.1) is 0 Å². The molecule has 0 aliphatic heterocycles. The SMILES string of the molecule is O=C(NCc1cn(-c2cccnc2)nn1)c1ccsc1. The fourth-order valence-corrected chi connectivity index (χ4v) is 2.30. The predicted octanol–water partition coefficient (Wildman–Crippen LogP) is 1.65. The van der Waals surface area contributed by atoms with E-state index in [2.05, 4.69) is 20.6 Å². The van der Waals surface area contributed by atoms with E-state index in [1.54, 1.807) is 29.3 Å². The molecule has 3 heterocycles. The van der Waals surface area contributed by atoms with Gasteiger partial charge in [-0.3, -0.25) is 9.78 Å². The molecule has 0 aliphatic rings. The Hall–Kier alpha value is -2.54.